The van der Waals surface area contributed by atoms with Crippen LogP contribution in [-0.2, 0) is 19.6 Å². The molecular weight excluding hydrogens is 306 g/mol. The van der Waals surface area contributed by atoms with Crippen molar-refractivity contribution in [2.75, 3.05) is 6.61 Å². The maximum Gasteiger partial charge on any atom is 0.324 e. The van der Waals surface area contributed by atoms with E-state index in [2.05, 4.69) is 11.3 Å². The smallest absolute Gasteiger partial charge is 0.324 e. The van der Waals surface area contributed by atoms with E-state index in [-0.39, 0.29) is 17.9 Å². The minimum atomic E-state index is -3.87. The summed E-state index contributed by atoms with van der Waals surface area (Å²) in [7, 11) is -3.87. The third-order valence-corrected chi connectivity index (χ3v) is 4.43. The Kier molecular flexibility index (Phi) is 6.73. The Hall–Kier alpha value is -1.70. The fourth-order valence-corrected chi connectivity index (χ4v) is 2.98. The highest BCUT2D eigenvalue weighted by Crippen LogP contribution is 2.16. The second-order valence-corrected chi connectivity index (χ2v) is 6.41. The summed E-state index contributed by atoms with van der Waals surface area (Å²) in [5.41, 5.74) is 0.604. The van der Waals surface area contributed by atoms with Crippen molar-refractivity contribution in [2.45, 2.75) is 37.3 Å². The van der Waals surface area contributed by atoms with Crippen molar-refractivity contribution in [2.24, 2.45) is 0 Å². The summed E-state index contributed by atoms with van der Waals surface area (Å²) in [5.74, 6) is -0.647. The molecule has 2 atom stereocenters. The maximum absolute atomic E-state index is 12.3. The largest absolute Gasteiger partial charge is 0.465 e. The number of ether oxygens (including phenoxy) is 1. The van der Waals surface area contributed by atoms with Gasteiger partial charge in [0.2, 0.25) is 10.0 Å². The minimum absolute atomic E-state index is 0.00950. The van der Waals surface area contributed by atoms with E-state index in [0.717, 1.165) is 0 Å². The van der Waals surface area contributed by atoms with Crippen LogP contribution in [-0.4, -0.2) is 32.1 Å². The Labute approximate surface area is 130 Å². The lowest BCUT2D eigenvalue weighted by Crippen LogP contribution is -2.41. The minimum Gasteiger partial charge on any atom is -0.465 e. The van der Waals surface area contributed by atoms with E-state index in [1.54, 1.807) is 13.8 Å². The van der Waals surface area contributed by atoms with E-state index < -0.39 is 28.1 Å². The van der Waals surface area contributed by atoms with Gasteiger partial charge in [-0.3, -0.25) is 4.79 Å². The summed E-state index contributed by atoms with van der Waals surface area (Å²) in [4.78, 5) is 11.8. The van der Waals surface area contributed by atoms with Crippen molar-refractivity contribution in [1.29, 1.82) is 0 Å². The van der Waals surface area contributed by atoms with Crippen molar-refractivity contribution in [3.63, 3.8) is 0 Å². The molecule has 1 aromatic rings. The van der Waals surface area contributed by atoms with Crippen molar-refractivity contribution >= 4 is 16.0 Å². The first-order valence-corrected chi connectivity index (χ1v) is 8.38. The first-order chi connectivity index (χ1) is 10.3. The van der Waals surface area contributed by atoms with E-state index in [9.17, 15) is 18.3 Å². The van der Waals surface area contributed by atoms with E-state index >= 15 is 0 Å². The van der Waals surface area contributed by atoms with Crippen molar-refractivity contribution in [3.8, 4) is 0 Å². The molecule has 122 valence electrons. The molecule has 7 heteroatoms. The van der Waals surface area contributed by atoms with Gasteiger partial charge in [-0.1, -0.05) is 18.2 Å². The predicted molar refractivity (Wildman–Crippen MR) is 82.6 cm³/mol. The Morgan fingerprint density at radius 3 is 2.45 bits per heavy atom. The number of sulfonamides is 1. The summed E-state index contributed by atoms with van der Waals surface area (Å²) < 4.78 is 31.7. The first-order valence-electron chi connectivity index (χ1n) is 6.89. The fraction of sp³-hybridized carbons (Fsp3) is 0.400. The third-order valence-electron chi connectivity index (χ3n) is 2.94. The molecule has 0 amide bonds. The second-order valence-electron chi connectivity index (χ2n) is 4.70. The topological polar surface area (TPSA) is 92.7 Å². The van der Waals surface area contributed by atoms with Crippen LogP contribution in [0.1, 0.15) is 31.9 Å². The number of rotatable bonds is 8. The van der Waals surface area contributed by atoms with E-state index in [0.29, 0.717) is 5.56 Å². The number of nitrogens with one attached hydrogen (secondary N) is 1. The molecule has 0 spiro atoms. The Morgan fingerprint density at radius 1 is 1.41 bits per heavy atom. The maximum atomic E-state index is 12.3. The molecule has 2 N–H and O–H groups in total. The summed E-state index contributed by atoms with van der Waals surface area (Å²) in [5, 5.41) is 9.43. The van der Waals surface area contributed by atoms with Crippen LogP contribution in [0, 0.1) is 0 Å². The van der Waals surface area contributed by atoms with Gasteiger partial charge in [0.1, 0.15) is 6.04 Å². The highest BCUT2D eigenvalue weighted by molar-refractivity contribution is 7.89. The monoisotopic (exact) mass is 327 g/mol. The Morgan fingerprint density at radius 2 is 2.00 bits per heavy atom. The van der Waals surface area contributed by atoms with E-state index in [1.807, 2.05) is 0 Å². The van der Waals surface area contributed by atoms with E-state index in [4.69, 9.17) is 4.74 Å². The van der Waals surface area contributed by atoms with Gasteiger partial charge in [-0.2, -0.15) is 4.72 Å². The Bertz CT molecular complexity index is 607. The quantitative estimate of drug-likeness (QED) is 0.558. The predicted octanol–water partition coefficient (Wildman–Crippen LogP) is 1.53. The molecule has 2 unspecified atom stereocenters. The van der Waals surface area contributed by atoms with Crippen LogP contribution in [0.3, 0.4) is 0 Å². The number of esters is 1. The van der Waals surface area contributed by atoms with Crippen molar-refractivity contribution in [3.05, 3.63) is 42.5 Å². The molecule has 0 saturated carbocycles. The summed E-state index contributed by atoms with van der Waals surface area (Å²) >= 11 is 0. The van der Waals surface area contributed by atoms with Gasteiger partial charge >= 0.3 is 5.97 Å². The summed E-state index contributed by atoms with van der Waals surface area (Å²) in [6.07, 6.45) is 0.891. The standard InChI is InChI=1S/C15H21NO5S/c1-4-6-14(15(18)21-5-2)16-22(19,20)13-9-7-12(8-10-13)11(3)17/h4,7-11,14,16-17H,1,5-6H2,2-3H3. The second kappa shape index (κ2) is 8.07. The molecular formula is C15H21NO5S. The third kappa shape index (κ3) is 4.94. The van der Waals surface area contributed by atoms with Gasteiger partial charge in [0.25, 0.3) is 0 Å². The lowest BCUT2D eigenvalue weighted by Gasteiger charge is -2.16. The van der Waals surface area contributed by atoms with Gasteiger partial charge in [-0.15, -0.1) is 6.58 Å². The molecule has 0 fully saturated rings. The lowest BCUT2D eigenvalue weighted by atomic mass is 10.1. The average molecular weight is 327 g/mol. The number of aliphatic hydroxyl groups is 1. The molecule has 1 rings (SSSR count). The number of carbonyl (C=O) groups is 1. The van der Waals surface area contributed by atoms with Gasteiger partial charge < -0.3 is 9.84 Å². The number of aliphatic hydroxyl groups excluding tert-OH is 1. The van der Waals surface area contributed by atoms with Crippen LogP contribution >= 0.6 is 0 Å². The molecule has 0 bridgehead atoms. The van der Waals surface area contributed by atoms with Crippen molar-refractivity contribution < 1.29 is 23.1 Å². The van der Waals surface area contributed by atoms with Crippen LogP contribution in [0.4, 0.5) is 0 Å². The first kappa shape index (κ1) is 18.3. The average Bonchev–Trinajstić information content (AvgIpc) is 2.47. The molecule has 0 radical (unpaired) electrons. The molecule has 0 saturated heterocycles. The number of hydrogen-bond acceptors (Lipinski definition) is 5. The highest BCUT2D eigenvalue weighted by Gasteiger charge is 2.25. The lowest BCUT2D eigenvalue weighted by molar-refractivity contribution is -0.145. The number of hydrogen-bond donors (Lipinski definition) is 2. The Balaban J connectivity index is 2.96. The highest BCUT2D eigenvalue weighted by atomic mass is 32.2. The van der Waals surface area contributed by atoms with Crippen LogP contribution in [0.2, 0.25) is 0 Å². The molecule has 0 aromatic heterocycles. The van der Waals surface area contributed by atoms with Crippen LogP contribution in [0.25, 0.3) is 0 Å². The molecule has 6 nitrogen and oxygen atoms in total. The molecule has 0 aliphatic carbocycles. The number of carbonyl (C=O) groups excluding carboxylic acids is 1. The molecule has 1 aromatic carbocycles. The zero-order chi connectivity index (χ0) is 16.8. The van der Waals surface area contributed by atoms with Crippen LogP contribution in [0.15, 0.2) is 41.8 Å². The molecule has 0 aliphatic rings. The zero-order valence-electron chi connectivity index (χ0n) is 12.7. The van der Waals surface area contributed by atoms with Gasteiger partial charge in [0, 0.05) is 0 Å². The van der Waals surface area contributed by atoms with Gasteiger partial charge in [0.05, 0.1) is 17.6 Å². The van der Waals surface area contributed by atoms with Gasteiger partial charge in [-0.25, -0.2) is 8.42 Å². The zero-order valence-corrected chi connectivity index (χ0v) is 13.5. The normalized spacial score (nSPS) is 14.1. The van der Waals surface area contributed by atoms with Crippen LogP contribution in [0.5, 0.6) is 0 Å². The fourth-order valence-electron chi connectivity index (χ4n) is 1.78. The van der Waals surface area contributed by atoms with Crippen molar-refractivity contribution in [1.82, 2.24) is 4.72 Å². The van der Waals surface area contributed by atoms with Gasteiger partial charge in [-0.05, 0) is 38.0 Å². The molecule has 22 heavy (non-hydrogen) atoms. The molecule has 0 aliphatic heterocycles. The molecule has 0 heterocycles. The van der Waals surface area contributed by atoms with Gasteiger partial charge in [0.15, 0.2) is 0 Å². The summed E-state index contributed by atoms with van der Waals surface area (Å²) in [6, 6.07) is 4.78. The summed E-state index contributed by atoms with van der Waals surface area (Å²) in [6.45, 7) is 6.90. The van der Waals surface area contributed by atoms with E-state index in [1.165, 1.54) is 30.3 Å². The van der Waals surface area contributed by atoms with Crippen LogP contribution < -0.4 is 4.72 Å². The SMILES string of the molecule is C=CCC(NS(=O)(=O)c1ccc(C(C)O)cc1)C(=O)OCC. The number of benzene rings is 1.